The predicted octanol–water partition coefficient (Wildman–Crippen LogP) is 6.81. The number of rotatable bonds is 3. The van der Waals surface area contributed by atoms with Crippen molar-refractivity contribution in [2.75, 3.05) is 5.32 Å². The molecule has 0 heterocycles. The zero-order chi connectivity index (χ0) is 18.1. The second-order valence-corrected chi connectivity index (χ2v) is 11.0. The van der Waals surface area contributed by atoms with Gasteiger partial charge in [0.1, 0.15) is 0 Å². The second kappa shape index (κ2) is 11.0. The summed E-state index contributed by atoms with van der Waals surface area (Å²) in [5.41, 5.74) is 6.12. The van der Waals surface area contributed by atoms with Crippen molar-refractivity contribution in [1.82, 2.24) is 0 Å². The van der Waals surface area contributed by atoms with Crippen molar-refractivity contribution < 1.29 is 15.1 Å². The first kappa shape index (κ1) is 20.4. The summed E-state index contributed by atoms with van der Waals surface area (Å²) in [6, 6.07) is 17.5. The van der Waals surface area contributed by atoms with E-state index < -0.39 is 15.1 Å². The van der Waals surface area contributed by atoms with E-state index in [1.807, 2.05) is 0 Å². The molecule has 2 aromatic carbocycles. The normalized spacial score (nSPS) is 18.1. The number of hydrogen-bond donors (Lipinski definition) is 1. The molecule has 0 bridgehead atoms. The van der Waals surface area contributed by atoms with Gasteiger partial charge in [0.05, 0.1) is 11.7 Å². The van der Waals surface area contributed by atoms with E-state index in [4.69, 9.17) is 24.4 Å². The molecule has 5 heteroatoms. The number of nitrogens with zero attached hydrogens (tertiary/aromatic N) is 1. The molecule has 1 N–H and O–H groups in total. The van der Waals surface area contributed by atoms with Gasteiger partial charge in [-0.2, -0.15) is 0 Å². The molecule has 0 amide bonds. The van der Waals surface area contributed by atoms with Crippen LogP contribution in [0.5, 0.6) is 0 Å². The third kappa shape index (κ3) is 7.09. The Labute approximate surface area is 166 Å². The first-order valence-electron chi connectivity index (χ1n) is 8.71. The summed E-state index contributed by atoms with van der Waals surface area (Å²) < 4.78 is 0. The minimum atomic E-state index is -0.931. The van der Waals surface area contributed by atoms with Gasteiger partial charge in [0, 0.05) is 11.4 Å². The Balaban J connectivity index is 0.000000701. The van der Waals surface area contributed by atoms with E-state index >= 15 is 0 Å². The zero-order valence-corrected chi connectivity index (χ0v) is 19.4. The summed E-state index contributed by atoms with van der Waals surface area (Å²) >= 11 is -0.931. The van der Waals surface area contributed by atoms with E-state index in [0.29, 0.717) is 6.04 Å². The van der Waals surface area contributed by atoms with Gasteiger partial charge in [-0.3, -0.25) is 4.99 Å². The maximum absolute atomic E-state index is 4.95. The van der Waals surface area contributed by atoms with E-state index in [1.54, 1.807) is 0 Å². The average Bonchev–Trinajstić information content (AvgIpc) is 2.61. The van der Waals surface area contributed by atoms with Gasteiger partial charge in [-0.25, -0.2) is 0 Å². The molecule has 0 aliphatic heterocycles. The summed E-state index contributed by atoms with van der Waals surface area (Å²) in [4.78, 5) is 4.91. The molecule has 2 aromatic rings. The van der Waals surface area contributed by atoms with Gasteiger partial charge in [0.15, 0.2) is 0 Å². The van der Waals surface area contributed by atoms with Gasteiger partial charge in [-0.05, 0) is 57.4 Å². The third-order valence-electron chi connectivity index (χ3n) is 4.28. The van der Waals surface area contributed by atoms with Crippen LogP contribution in [0.4, 0.5) is 11.4 Å². The predicted molar refractivity (Wildman–Crippen MR) is 107 cm³/mol. The monoisotopic (exact) mass is 426 g/mol. The maximum atomic E-state index is 4.95. The molecule has 1 unspecified atom stereocenters. The SMILES string of the molecule is Cc1ccc(N=C2CCCCC2Nc2ccc(C)cc2)cc1.[Cl][Zn][Cl]. The summed E-state index contributed by atoms with van der Waals surface area (Å²) in [7, 11) is 9.90. The van der Waals surface area contributed by atoms with Crippen molar-refractivity contribution >= 4 is 36.5 Å². The molecule has 1 aliphatic rings. The van der Waals surface area contributed by atoms with Crippen molar-refractivity contribution in [3.05, 3.63) is 59.7 Å². The zero-order valence-electron chi connectivity index (χ0n) is 14.9. The Morgan fingerprint density at radius 1 is 0.920 bits per heavy atom. The van der Waals surface area contributed by atoms with Crippen LogP contribution in [0.2, 0.25) is 0 Å². The van der Waals surface area contributed by atoms with Gasteiger partial charge >= 0.3 is 34.5 Å². The topological polar surface area (TPSA) is 24.4 Å². The van der Waals surface area contributed by atoms with Crippen LogP contribution in [0.25, 0.3) is 0 Å². The second-order valence-electron chi connectivity index (χ2n) is 6.35. The molecule has 130 valence electrons. The first-order valence-corrected chi connectivity index (χ1v) is 16.5. The molecule has 1 fully saturated rings. The van der Waals surface area contributed by atoms with Crippen molar-refractivity contribution in [2.24, 2.45) is 4.99 Å². The molecular formula is C20H24Cl2N2Zn. The van der Waals surface area contributed by atoms with Crippen LogP contribution in [0.3, 0.4) is 0 Å². The molecule has 0 spiro atoms. The summed E-state index contributed by atoms with van der Waals surface area (Å²) in [5, 5.41) is 3.66. The molecule has 1 aliphatic carbocycles. The molecule has 3 rings (SSSR count). The molecule has 0 radical (unpaired) electrons. The first-order chi connectivity index (χ1) is 12.1. The van der Waals surface area contributed by atoms with Crippen LogP contribution in [0, 0.1) is 13.8 Å². The third-order valence-corrected chi connectivity index (χ3v) is 4.28. The van der Waals surface area contributed by atoms with Crippen molar-refractivity contribution in [1.29, 1.82) is 0 Å². The molecule has 2 nitrogen and oxygen atoms in total. The standard InChI is InChI=1S/C20H24N2.2ClH.Zn/c1-15-7-11-17(12-8-15)21-19-5-3-4-6-20(19)22-18-13-9-16(2)10-14-18;;;/h7-14,19,21H,3-6H2,1-2H3;2*1H;/q;;;+2/p-2. The Hall–Kier alpha value is -0.887. The van der Waals surface area contributed by atoms with Crippen LogP contribution in [0.1, 0.15) is 36.8 Å². The van der Waals surface area contributed by atoms with Crippen LogP contribution >= 0.6 is 19.4 Å². The Kier molecular flexibility index (Phi) is 8.95. The summed E-state index contributed by atoms with van der Waals surface area (Å²) in [5.74, 6) is 0. The van der Waals surface area contributed by atoms with Crippen molar-refractivity contribution in [2.45, 2.75) is 45.6 Å². The summed E-state index contributed by atoms with van der Waals surface area (Å²) in [6.07, 6.45) is 4.78. The molecule has 1 saturated carbocycles. The van der Waals surface area contributed by atoms with Crippen LogP contribution < -0.4 is 5.32 Å². The van der Waals surface area contributed by atoms with E-state index in [9.17, 15) is 0 Å². The van der Waals surface area contributed by atoms with E-state index in [1.165, 1.54) is 41.8 Å². The number of hydrogen-bond acceptors (Lipinski definition) is 2. The van der Waals surface area contributed by atoms with Crippen molar-refractivity contribution in [3.8, 4) is 0 Å². The Morgan fingerprint density at radius 3 is 2.08 bits per heavy atom. The minimum absolute atomic E-state index is 0.359. The van der Waals surface area contributed by atoms with E-state index in [-0.39, 0.29) is 0 Å². The Morgan fingerprint density at radius 2 is 1.48 bits per heavy atom. The molecule has 0 aromatic heterocycles. The average molecular weight is 429 g/mol. The van der Waals surface area contributed by atoms with Crippen LogP contribution in [0.15, 0.2) is 53.5 Å². The number of halogens is 2. The fraction of sp³-hybridized carbons (Fsp3) is 0.350. The number of benzene rings is 2. The summed E-state index contributed by atoms with van der Waals surface area (Å²) in [6.45, 7) is 4.23. The van der Waals surface area contributed by atoms with Crippen LogP contribution in [-0.2, 0) is 15.1 Å². The molecular weight excluding hydrogens is 405 g/mol. The number of aryl methyl sites for hydroxylation is 2. The van der Waals surface area contributed by atoms with Gasteiger partial charge in [0.25, 0.3) is 0 Å². The Bertz CT molecular complexity index is 669. The number of aliphatic imine (C=N–C) groups is 1. The van der Waals surface area contributed by atoms with Gasteiger partial charge in [0.2, 0.25) is 0 Å². The van der Waals surface area contributed by atoms with E-state index in [2.05, 4.69) is 67.7 Å². The fourth-order valence-corrected chi connectivity index (χ4v) is 2.92. The van der Waals surface area contributed by atoms with Gasteiger partial charge < -0.3 is 5.32 Å². The molecule has 0 saturated heterocycles. The number of anilines is 1. The molecule has 1 atom stereocenters. The fourth-order valence-electron chi connectivity index (χ4n) is 2.92. The van der Waals surface area contributed by atoms with Crippen molar-refractivity contribution in [3.63, 3.8) is 0 Å². The van der Waals surface area contributed by atoms with E-state index in [0.717, 1.165) is 12.1 Å². The number of nitrogens with one attached hydrogen (secondary N) is 1. The molecule has 25 heavy (non-hydrogen) atoms. The van der Waals surface area contributed by atoms with Gasteiger partial charge in [-0.15, -0.1) is 0 Å². The van der Waals surface area contributed by atoms with Crippen LogP contribution in [-0.4, -0.2) is 11.8 Å². The van der Waals surface area contributed by atoms with Gasteiger partial charge in [-0.1, -0.05) is 41.8 Å². The quantitative estimate of drug-likeness (QED) is 0.534.